The van der Waals surface area contributed by atoms with Crippen LogP contribution in [0.2, 0.25) is 0 Å². The van der Waals surface area contributed by atoms with Crippen LogP contribution in [0.3, 0.4) is 0 Å². The Morgan fingerprint density at radius 1 is 0.971 bits per heavy atom. The highest BCUT2D eigenvalue weighted by Crippen LogP contribution is 2.31. The van der Waals surface area contributed by atoms with Gasteiger partial charge in [0.15, 0.2) is 5.82 Å². The molecule has 0 unspecified atom stereocenters. The quantitative estimate of drug-likeness (QED) is 0.229. The zero-order valence-corrected chi connectivity index (χ0v) is 19.9. The van der Waals surface area contributed by atoms with Gasteiger partial charge in [0, 0.05) is 11.6 Å². The number of methoxy groups -OCH3 is 2. The summed E-state index contributed by atoms with van der Waals surface area (Å²) in [5.74, 6) is 1.30. The van der Waals surface area contributed by atoms with Gasteiger partial charge in [-0.2, -0.15) is 0 Å². The van der Waals surface area contributed by atoms with Gasteiger partial charge in [0.05, 0.1) is 14.2 Å². The smallest absolute Gasteiger partial charge is 0.342 e. The molecule has 4 aromatic rings. The van der Waals surface area contributed by atoms with Gasteiger partial charge in [-0.15, -0.1) is 5.10 Å². The molecule has 2 N–H and O–H groups in total. The van der Waals surface area contributed by atoms with E-state index in [1.165, 1.54) is 0 Å². The number of H-pyrrole nitrogens is 1. The van der Waals surface area contributed by atoms with Crippen molar-refractivity contribution < 1.29 is 24.1 Å². The van der Waals surface area contributed by atoms with Gasteiger partial charge < -0.3 is 19.3 Å². The number of nitrogens with one attached hydrogen (secondary N) is 1. The van der Waals surface area contributed by atoms with Crippen LogP contribution in [-0.2, 0) is 11.4 Å². The third-order valence-corrected chi connectivity index (χ3v) is 5.81. The molecular formula is C26H23N3O5S. The molecular weight excluding hydrogens is 466 g/mol. The lowest BCUT2D eigenvalue weighted by Crippen LogP contribution is -1.97. The van der Waals surface area contributed by atoms with E-state index in [9.17, 15) is 9.90 Å². The minimum atomic E-state index is -1.08. The van der Waals surface area contributed by atoms with E-state index < -0.39 is 5.97 Å². The van der Waals surface area contributed by atoms with Crippen molar-refractivity contribution in [3.63, 3.8) is 0 Å². The number of thioether (sulfide) groups is 1. The van der Waals surface area contributed by atoms with Crippen molar-refractivity contribution in [1.82, 2.24) is 15.2 Å². The van der Waals surface area contributed by atoms with Crippen LogP contribution >= 0.6 is 11.8 Å². The van der Waals surface area contributed by atoms with Gasteiger partial charge in [0.25, 0.3) is 0 Å². The molecule has 0 saturated heterocycles. The molecule has 0 aliphatic rings. The van der Waals surface area contributed by atoms with Crippen LogP contribution in [0.25, 0.3) is 17.5 Å². The molecule has 0 saturated carbocycles. The van der Waals surface area contributed by atoms with Gasteiger partial charge >= 0.3 is 5.97 Å². The summed E-state index contributed by atoms with van der Waals surface area (Å²) in [4.78, 5) is 16.4. The maximum atomic E-state index is 11.9. The molecule has 3 aromatic carbocycles. The fraction of sp³-hybridized carbons (Fsp3) is 0.115. The summed E-state index contributed by atoms with van der Waals surface area (Å²) < 4.78 is 16.4. The van der Waals surface area contributed by atoms with E-state index in [2.05, 4.69) is 15.2 Å². The Hall–Kier alpha value is -4.24. The maximum absolute atomic E-state index is 11.9. The number of aromatic nitrogens is 3. The molecule has 0 radical (unpaired) electrons. The Kier molecular flexibility index (Phi) is 7.69. The summed E-state index contributed by atoms with van der Waals surface area (Å²) in [5, 5.41) is 17.0. The molecule has 0 fully saturated rings. The Morgan fingerprint density at radius 2 is 1.66 bits per heavy atom. The van der Waals surface area contributed by atoms with Crippen molar-refractivity contribution in [2.24, 2.45) is 0 Å². The van der Waals surface area contributed by atoms with Gasteiger partial charge in [-0.25, -0.2) is 9.78 Å². The average Bonchev–Trinajstić information content (AvgIpc) is 3.36. The summed E-state index contributed by atoms with van der Waals surface area (Å²) in [7, 11) is 3.12. The van der Waals surface area contributed by atoms with Gasteiger partial charge in [-0.1, -0.05) is 42.5 Å². The standard InChI is InChI=1S/C26H23N3O5S/c1-32-21-13-19(14-22(15-21)33-2)24-27-26(29-28-24)35-23(25(30)31)12-17-8-10-20(11-9-17)34-16-18-6-4-3-5-7-18/h3-15H,16H2,1-2H3,(H,30,31)(H,27,28,29)/b23-12-. The number of aromatic amines is 1. The van der Waals surface area contributed by atoms with E-state index in [0.717, 1.165) is 22.9 Å². The third-order valence-electron chi connectivity index (χ3n) is 4.93. The highest BCUT2D eigenvalue weighted by Gasteiger charge is 2.15. The van der Waals surface area contributed by atoms with E-state index in [4.69, 9.17) is 14.2 Å². The Labute approximate surface area is 206 Å². The van der Waals surface area contributed by atoms with Crippen LogP contribution in [-0.4, -0.2) is 40.5 Å². The molecule has 9 heteroatoms. The summed E-state index contributed by atoms with van der Waals surface area (Å²) in [5.41, 5.74) is 2.49. The molecule has 0 atom stereocenters. The lowest BCUT2D eigenvalue weighted by molar-refractivity contribution is -0.131. The number of nitrogens with zero attached hydrogens (tertiary/aromatic N) is 2. The number of aliphatic carboxylic acids is 1. The van der Waals surface area contributed by atoms with E-state index >= 15 is 0 Å². The molecule has 35 heavy (non-hydrogen) atoms. The molecule has 0 aliphatic carbocycles. The zero-order valence-electron chi connectivity index (χ0n) is 19.1. The number of carbonyl (C=O) groups is 1. The van der Waals surface area contributed by atoms with Crippen LogP contribution in [0.15, 0.2) is 82.9 Å². The minimum Gasteiger partial charge on any atom is -0.497 e. The van der Waals surface area contributed by atoms with Crippen LogP contribution in [0.1, 0.15) is 11.1 Å². The number of hydrogen-bond donors (Lipinski definition) is 2. The van der Waals surface area contributed by atoms with Crippen LogP contribution in [0.4, 0.5) is 0 Å². The number of benzene rings is 3. The lowest BCUT2D eigenvalue weighted by Gasteiger charge is -2.07. The first-order chi connectivity index (χ1) is 17.0. The largest absolute Gasteiger partial charge is 0.497 e. The van der Waals surface area contributed by atoms with Gasteiger partial charge in [0.2, 0.25) is 5.16 Å². The molecule has 0 spiro atoms. The van der Waals surface area contributed by atoms with Crippen molar-refractivity contribution >= 4 is 23.8 Å². The van der Waals surface area contributed by atoms with Crippen molar-refractivity contribution in [1.29, 1.82) is 0 Å². The fourth-order valence-electron chi connectivity index (χ4n) is 3.15. The molecule has 0 aliphatic heterocycles. The topological polar surface area (TPSA) is 107 Å². The second-order valence-electron chi connectivity index (χ2n) is 7.33. The minimum absolute atomic E-state index is 0.0803. The first kappa shape index (κ1) is 23.9. The maximum Gasteiger partial charge on any atom is 0.342 e. The molecule has 0 bridgehead atoms. The van der Waals surface area contributed by atoms with E-state index in [1.54, 1.807) is 62.8 Å². The molecule has 178 valence electrons. The highest BCUT2D eigenvalue weighted by molar-refractivity contribution is 8.04. The number of ether oxygens (including phenoxy) is 3. The van der Waals surface area contributed by atoms with Crippen molar-refractivity contribution in [2.75, 3.05) is 14.2 Å². The van der Waals surface area contributed by atoms with Gasteiger partial charge in [0.1, 0.15) is 28.8 Å². The lowest BCUT2D eigenvalue weighted by atomic mass is 10.2. The van der Waals surface area contributed by atoms with Crippen molar-refractivity contribution in [3.05, 3.63) is 88.8 Å². The second kappa shape index (κ2) is 11.3. The van der Waals surface area contributed by atoms with Crippen LogP contribution in [0.5, 0.6) is 17.2 Å². The molecule has 1 heterocycles. The van der Waals surface area contributed by atoms with Gasteiger partial charge in [-0.05, 0) is 53.2 Å². The molecule has 1 aromatic heterocycles. The first-order valence-electron chi connectivity index (χ1n) is 10.6. The third kappa shape index (κ3) is 6.42. The van der Waals surface area contributed by atoms with Gasteiger partial charge in [-0.3, -0.25) is 5.10 Å². The molecule has 0 amide bonds. The zero-order chi connectivity index (χ0) is 24.6. The van der Waals surface area contributed by atoms with E-state index in [-0.39, 0.29) is 10.1 Å². The molecule has 4 rings (SSSR count). The Bertz CT molecular complexity index is 1300. The Morgan fingerprint density at radius 3 is 2.29 bits per heavy atom. The number of hydrogen-bond acceptors (Lipinski definition) is 7. The first-order valence-corrected chi connectivity index (χ1v) is 11.4. The number of carboxylic acid groups (broad SMARTS) is 1. The number of carboxylic acids is 1. The number of rotatable bonds is 10. The second-order valence-corrected chi connectivity index (χ2v) is 8.34. The van der Waals surface area contributed by atoms with Crippen LogP contribution < -0.4 is 14.2 Å². The fourth-order valence-corrected chi connectivity index (χ4v) is 3.86. The molecule has 8 nitrogen and oxygen atoms in total. The van der Waals surface area contributed by atoms with Crippen molar-refractivity contribution in [3.8, 4) is 28.6 Å². The summed E-state index contributed by atoms with van der Waals surface area (Å²) in [6.07, 6.45) is 1.57. The normalized spacial score (nSPS) is 11.2. The van der Waals surface area contributed by atoms with Crippen LogP contribution in [0, 0.1) is 0 Å². The van der Waals surface area contributed by atoms with Crippen molar-refractivity contribution in [2.45, 2.75) is 11.8 Å². The van der Waals surface area contributed by atoms with E-state index in [0.29, 0.717) is 35.2 Å². The van der Waals surface area contributed by atoms with E-state index in [1.807, 2.05) is 30.3 Å². The predicted octanol–water partition coefficient (Wildman–Crippen LogP) is 5.29. The monoisotopic (exact) mass is 489 g/mol. The summed E-state index contributed by atoms with van der Waals surface area (Å²) >= 11 is 0.953. The predicted molar refractivity (Wildman–Crippen MR) is 134 cm³/mol. The average molecular weight is 490 g/mol. The Balaban J connectivity index is 1.46. The highest BCUT2D eigenvalue weighted by atomic mass is 32.2. The summed E-state index contributed by atoms with van der Waals surface area (Å²) in [6.45, 7) is 0.457. The SMILES string of the molecule is COc1cc(OC)cc(-c2nc(S/C(=C\c3ccc(OCc4ccccc4)cc3)C(=O)O)n[nH]2)c1. The summed E-state index contributed by atoms with van der Waals surface area (Å²) in [6, 6.07) is 22.4.